The molecule has 0 atom stereocenters. The number of carbonyl (C=O) groups excluding carboxylic acids is 1. The van der Waals surface area contributed by atoms with Crippen molar-refractivity contribution in [3.05, 3.63) is 22.4 Å². The minimum absolute atomic E-state index is 0.227. The van der Waals surface area contributed by atoms with E-state index < -0.39 is 0 Å². The van der Waals surface area contributed by atoms with E-state index in [1.807, 2.05) is 0 Å². The Kier molecular flexibility index (Phi) is 3.10. The molecule has 2 rings (SSSR count). The molecule has 2 aromatic rings. The molecule has 1 amide bonds. The average molecular weight is 252 g/mol. The first kappa shape index (κ1) is 11.6. The van der Waals surface area contributed by atoms with E-state index in [-0.39, 0.29) is 5.91 Å². The van der Waals surface area contributed by atoms with Crippen LogP contribution in [0.15, 0.2) is 10.6 Å². The summed E-state index contributed by atoms with van der Waals surface area (Å²) in [6, 6.07) is 1.66. The van der Waals surface area contributed by atoms with Crippen LogP contribution in [0.3, 0.4) is 0 Å². The number of amides is 1. The van der Waals surface area contributed by atoms with Crippen molar-refractivity contribution in [3.63, 3.8) is 0 Å². The van der Waals surface area contributed by atoms with Gasteiger partial charge in [0.15, 0.2) is 10.9 Å². The lowest BCUT2D eigenvalue weighted by molar-refractivity contribution is 0.102. The van der Waals surface area contributed by atoms with Gasteiger partial charge in [-0.2, -0.15) is 0 Å². The number of aromatic nitrogens is 2. The fraction of sp³-hybridized carbons (Fsp3) is 0.300. The average Bonchev–Trinajstić information content (AvgIpc) is 2.85. The fourth-order valence-electron chi connectivity index (χ4n) is 1.31. The number of anilines is 2. The molecule has 0 aliphatic carbocycles. The largest absolute Gasteiger partial charge is 0.365 e. The van der Waals surface area contributed by atoms with E-state index in [0.717, 1.165) is 0 Å². The van der Waals surface area contributed by atoms with Crippen molar-refractivity contribution < 1.29 is 9.32 Å². The molecule has 7 heteroatoms. The van der Waals surface area contributed by atoms with Crippen LogP contribution in [0.25, 0.3) is 0 Å². The number of hydrogen-bond acceptors (Lipinski definition) is 6. The van der Waals surface area contributed by atoms with Crippen LogP contribution in [0, 0.1) is 13.8 Å². The summed E-state index contributed by atoms with van der Waals surface area (Å²) in [4.78, 5) is 16.7. The normalized spacial score (nSPS) is 10.3. The van der Waals surface area contributed by atoms with Crippen molar-refractivity contribution in [1.82, 2.24) is 10.1 Å². The van der Waals surface area contributed by atoms with Gasteiger partial charge in [-0.15, -0.1) is 0 Å². The molecule has 0 saturated carbocycles. The van der Waals surface area contributed by atoms with E-state index in [1.165, 1.54) is 11.3 Å². The first-order chi connectivity index (χ1) is 8.10. The zero-order valence-electron chi connectivity index (χ0n) is 9.70. The molecule has 90 valence electrons. The second-order valence-corrected chi connectivity index (χ2v) is 4.46. The summed E-state index contributed by atoms with van der Waals surface area (Å²) in [7, 11) is 1.76. The molecule has 6 nitrogen and oxygen atoms in total. The maximum atomic E-state index is 11.9. The molecule has 0 fully saturated rings. The van der Waals surface area contributed by atoms with E-state index in [9.17, 15) is 4.79 Å². The lowest BCUT2D eigenvalue weighted by Gasteiger charge is -1.97. The number of carbonyl (C=O) groups is 1. The smallest absolute Gasteiger partial charge is 0.268 e. The van der Waals surface area contributed by atoms with Crippen molar-refractivity contribution >= 4 is 28.2 Å². The minimum atomic E-state index is -0.227. The SMILES string of the molecule is CNc1nc(C)c(C(=O)Nc2cc(C)on2)s1. The molecular formula is C10H12N4O2S. The number of nitrogens with zero attached hydrogens (tertiary/aromatic N) is 2. The summed E-state index contributed by atoms with van der Waals surface area (Å²) in [6.45, 7) is 3.56. The Morgan fingerprint density at radius 3 is 2.76 bits per heavy atom. The summed E-state index contributed by atoms with van der Waals surface area (Å²) in [5, 5.41) is 9.97. The number of thiazole rings is 1. The first-order valence-electron chi connectivity index (χ1n) is 5.00. The highest BCUT2D eigenvalue weighted by Gasteiger charge is 2.16. The van der Waals surface area contributed by atoms with Gasteiger partial charge in [-0.3, -0.25) is 4.79 Å². The van der Waals surface area contributed by atoms with E-state index >= 15 is 0 Å². The standard InChI is InChI=1S/C10H12N4O2S/c1-5-4-7(14-16-5)13-9(15)8-6(2)12-10(11-3)17-8/h4H,1-3H3,(H,11,12)(H,13,14,15). The molecule has 0 aliphatic heterocycles. The van der Waals surface area contributed by atoms with Crippen molar-refractivity contribution in [3.8, 4) is 0 Å². The van der Waals surface area contributed by atoms with Gasteiger partial charge in [0.05, 0.1) is 5.69 Å². The molecular weight excluding hydrogens is 240 g/mol. The van der Waals surface area contributed by atoms with Gasteiger partial charge in [0.1, 0.15) is 10.6 Å². The summed E-state index contributed by atoms with van der Waals surface area (Å²) in [6.07, 6.45) is 0. The van der Waals surface area contributed by atoms with Crippen molar-refractivity contribution in [2.24, 2.45) is 0 Å². The minimum Gasteiger partial charge on any atom is -0.365 e. The van der Waals surface area contributed by atoms with E-state index in [4.69, 9.17) is 4.52 Å². The first-order valence-corrected chi connectivity index (χ1v) is 5.81. The zero-order chi connectivity index (χ0) is 12.4. The quantitative estimate of drug-likeness (QED) is 0.873. The maximum Gasteiger partial charge on any atom is 0.268 e. The molecule has 2 N–H and O–H groups in total. The summed E-state index contributed by atoms with van der Waals surface area (Å²) in [5.74, 6) is 0.832. The predicted octanol–water partition coefficient (Wildman–Crippen LogP) is 2.04. The molecule has 0 unspecified atom stereocenters. The Bertz CT molecular complexity index is 546. The topological polar surface area (TPSA) is 80.0 Å². The van der Waals surface area contributed by atoms with Crippen LogP contribution in [0.2, 0.25) is 0 Å². The van der Waals surface area contributed by atoms with Gasteiger partial charge in [-0.1, -0.05) is 16.5 Å². The van der Waals surface area contributed by atoms with Crippen LogP contribution < -0.4 is 10.6 Å². The van der Waals surface area contributed by atoms with Gasteiger partial charge in [0.2, 0.25) is 0 Å². The fourth-order valence-corrected chi connectivity index (χ4v) is 2.13. The lowest BCUT2D eigenvalue weighted by atomic mass is 10.3. The molecule has 0 saturated heterocycles. The van der Waals surface area contributed by atoms with Crippen LogP contribution in [0.4, 0.5) is 10.9 Å². The Balaban J connectivity index is 2.16. The van der Waals surface area contributed by atoms with Crippen LogP contribution >= 0.6 is 11.3 Å². The molecule has 0 aromatic carbocycles. The van der Waals surface area contributed by atoms with Gasteiger partial charge < -0.3 is 15.2 Å². The van der Waals surface area contributed by atoms with Crippen molar-refractivity contribution in [1.29, 1.82) is 0 Å². The van der Waals surface area contributed by atoms with Gasteiger partial charge in [-0.25, -0.2) is 4.98 Å². The Morgan fingerprint density at radius 1 is 1.47 bits per heavy atom. The molecule has 17 heavy (non-hydrogen) atoms. The molecule has 0 bridgehead atoms. The number of nitrogens with one attached hydrogen (secondary N) is 2. The molecule has 0 aliphatic rings. The van der Waals surface area contributed by atoms with Gasteiger partial charge in [0, 0.05) is 13.1 Å². The van der Waals surface area contributed by atoms with Gasteiger partial charge in [-0.05, 0) is 13.8 Å². The highest BCUT2D eigenvalue weighted by molar-refractivity contribution is 7.17. The monoisotopic (exact) mass is 252 g/mol. The summed E-state index contributed by atoms with van der Waals surface area (Å²) < 4.78 is 4.87. The second-order valence-electron chi connectivity index (χ2n) is 3.46. The van der Waals surface area contributed by atoms with E-state index in [0.29, 0.717) is 27.3 Å². The molecule has 0 spiro atoms. The van der Waals surface area contributed by atoms with Crippen LogP contribution in [0.1, 0.15) is 21.1 Å². The van der Waals surface area contributed by atoms with Crippen LogP contribution in [-0.2, 0) is 0 Å². The number of hydrogen-bond donors (Lipinski definition) is 2. The van der Waals surface area contributed by atoms with E-state index in [2.05, 4.69) is 20.8 Å². The third kappa shape index (κ3) is 2.44. The molecule has 0 radical (unpaired) electrons. The Labute approximate surface area is 102 Å². The number of aryl methyl sites for hydroxylation is 2. The highest BCUT2D eigenvalue weighted by Crippen LogP contribution is 2.23. The third-order valence-electron chi connectivity index (χ3n) is 2.09. The zero-order valence-corrected chi connectivity index (χ0v) is 10.5. The molecule has 2 aromatic heterocycles. The van der Waals surface area contributed by atoms with Crippen LogP contribution in [0.5, 0.6) is 0 Å². The summed E-state index contributed by atoms with van der Waals surface area (Å²) >= 11 is 1.30. The number of rotatable bonds is 3. The maximum absolute atomic E-state index is 11.9. The van der Waals surface area contributed by atoms with Gasteiger partial charge in [0.25, 0.3) is 5.91 Å². The Hall–Kier alpha value is -1.89. The lowest BCUT2D eigenvalue weighted by Crippen LogP contribution is -2.11. The summed E-state index contributed by atoms with van der Waals surface area (Å²) in [5.41, 5.74) is 0.692. The van der Waals surface area contributed by atoms with E-state index in [1.54, 1.807) is 27.0 Å². The predicted molar refractivity (Wildman–Crippen MR) is 65.6 cm³/mol. The van der Waals surface area contributed by atoms with Crippen LogP contribution in [-0.4, -0.2) is 23.1 Å². The van der Waals surface area contributed by atoms with Gasteiger partial charge >= 0.3 is 0 Å². The highest BCUT2D eigenvalue weighted by atomic mass is 32.1. The van der Waals surface area contributed by atoms with Crippen molar-refractivity contribution in [2.45, 2.75) is 13.8 Å². The molecule has 2 heterocycles. The third-order valence-corrected chi connectivity index (χ3v) is 3.26. The second kappa shape index (κ2) is 4.54. The Morgan fingerprint density at radius 2 is 2.24 bits per heavy atom. The van der Waals surface area contributed by atoms with Crippen molar-refractivity contribution in [2.75, 3.05) is 17.7 Å².